The van der Waals surface area contributed by atoms with Crippen molar-refractivity contribution in [2.75, 3.05) is 78.5 Å². The van der Waals surface area contributed by atoms with Gasteiger partial charge in [0.1, 0.15) is 0 Å². The molecule has 1 unspecified atom stereocenters. The van der Waals surface area contributed by atoms with Gasteiger partial charge in [-0.1, -0.05) is 81.1 Å². The second-order valence-corrected chi connectivity index (χ2v) is 15.4. The molecule has 0 aliphatic carbocycles. The fourth-order valence-corrected chi connectivity index (χ4v) is 6.58. The molecule has 1 saturated heterocycles. The normalized spacial score (nSPS) is 17.7. The minimum atomic E-state index is 0.818. The topological polar surface area (TPSA) is 13.0 Å². The largest absolute Gasteiger partial charge is 0.302 e. The summed E-state index contributed by atoms with van der Waals surface area (Å²) in [5, 5.41) is 0. The molecule has 0 aromatic rings. The first-order valence-corrected chi connectivity index (χ1v) is 19.1. The van der Waals surface area contributed by atoms with E-state index in [2.05, 4.69) is 75.0 Å². The van der Waals surface area contributed by atoms with Gasteiger partial charge < -0.3 is 14.7 Å². The third-order valence-electron chi connectivity index (χ3n) is 9.64. The van der Waals surface area contributed by atoms with Crippen LogP contribution in [0.3, 0.4) is 0 Å². The van der Waals surface area contributed by atoms with Crippen LogP contribution in [0.2, 0.25) is 0 Å². The van der Waals surface area contributed by atoms with Crippen LogP contribution in [0.15, 0.2) is 0 Å². The number of unbranched alkanes of at least 4 members (excludes halogenated alkanes) is 2. The monoisotopic (exact) mass is 593 g/mol. The summed E-state index contributed by atoms with van der Waals surface area (Å²) < 4.78 is 0. The van der Waals surface area contributed by atoms with Gasteiger partial charge in [-0.25, -0.2) is 0 Å². The molecule has 0 amide bonds. The van der Waals surface area contributed by atoms with Crippen LogP contribution in [0, 0.1) is 23.7 Å². The van der Waals surface area contributed by atoms with Gasteiger partial charge in [-0.15, -0.1) is 0 Å². The second-order valence-electron chi connectivity index (χ2n) is 15.4. The fourth-order valence-electron chi connectivity index (χ4n) is 6.58. The summed E-state index contributed by atoms with van der Waals surface area (Å²) in [4.78, 5) is 11.3. The lowest BCUT2D eigenvalue weighted by molar-refractivity contribution is 0.149. The zero-order chi connectivity index (χ0) is 31.0. The van der Waals surface area contributed by atoms with Gasteiger partial charge in [-0.2, -0.15) is 0 Å². The number of hydrogen-bond acceptors (Lipinski definition) is 4. The van der Waals surface area contributed by atoms with E-state index < -0.39 is 0 Å². The highest BCUT2D eigenvalue weighted by Gasteiger charge is 2.16. The van der Waals surface area contributed by atoms with E-state index in [4.69, 9.17) is 0 Å². The van der Waals surface area contributed by atoms with Gasteiger partial charge in [-0.3, -0.25) is 4.90 Å². The molecule has 1 fully saturated rings. The average molecular weight is 593 g/mol. The SMILES string of the molecule is CCCCCN(CCCC(C)C)CCN(CCN(CCCC(C)C)CCCC(C)C)CCN1CCCCC(C)CCC1. The molecule has 1 aliphatic heterocycles. The zero-order valence-corrected chi connectivity index (χ0v) is 30.5. The van der Waals surface area contributed by atoms with Crippen LogP contribution in [0.25, 0.3) is 0 Å². The van der Waals surface area contributed by atoms with Crippen LogP contribution in [-0.4, -0.2) is 98.1 Å². The van der Waals surface area contributed by atoms with Gasteiger partial charge in [0.05, 0.1) is 0 Å². The van der Waals surface area contributed by atoms with E-state index in [1.54, 1.807) is 0 Å². The molecule has 1 aliphatic rings. The minimum absolute atomic E-state index is 0.818. The predicted molar refractivity (Wildman–Crippen MR) is 190 cm³/mol. The summed E-state index contributed by atoms with van der Waals surface area (Å²) in [6, 6.07) is 0. The summed E-state index contributed by atoms with van der Waals surface area (Å²) in [7, 11) is 0. The van der Waals surface area contributed by atoms with Crippen LogP contribution >= 0.6 is 0 Å². The van der Waals surface area contributed by atoms with Crippen molar-refractivity contribution < 1.29 is 0 Å². The molecule has 0 radical (unpaired) electrons. The fraction of sp³-hybridized carbons (Fsp3) is 1.00. The molecule has 1 heterocycles. The van der Waals surface area contributed by atoms with E-state index >= 15 is 0 Å². The molecule has 252 valence electrons. The molecule has 0 N–H and O–H groups in total. The Morgan fingerprint density at radius 1 is 0.524 bits per heavy atom. The third kappa shape index (κ3) is 23.3. The molecule has 0 spiro atoms. The Bertz CT molecular complexity index is 563. The van der Waals surface area contributed by atoms with Gasteiger partial charge >= 0.3 is 0 Å². The van der Waals surface area contributed by atoms with Crippen LogP contribution in [0.5, 0.6) is 0 Å². The van der Waals surface area contributed by atoms with Crippen molar-refractivity contribution in [2.45, 2.75) is 145 Å². The Hall–Kier alpha value is -0.160. The summed E-state index contributed by atoms with van der Waals surface area (Å²) in [5.74, 6) is 3.38. The van der Waals surface area contributed by atoms with Crippen molar-refractivity contribution in [3.63, 3.8) is 0 Å². The van der Waals surface area contributed by atoms with Gasteiger partial charge in [0, 0.05) is 39.3 Å². The second kappa shape index (κ2) is 26.1. The first-order valence-electron chi connectivity index (χ1n) is 19.1. The molecular weight excluding hydrogens is 512 g/mol. The van der Waals surface area contributed by atoms with Crippen molar-refractivity contribution >= 4 is 0 Å². The lowest BCUT2D eigenvalue weighted by atomic mass is 10.00. The molecule has 0 aromatic carbocycles. The Morgan fingerprint density at radius 2 is 0.952 bits per heavy atom. The summed E-state index contributed by atoms with van der Waals surface area (Å²) >= 11 is 0. The van der Waals surface area contributed by atoms with Crippen LogP contribution in [-0.2, 0) is 0 Å². The van der Waals surface area contributed by atoms with Crippen LogP contribution in [0.1, 0.15) is 145 Å². The van der Waals surface area contributed by atoms with Gasteiger partial charge in [0.25, 0.3) is 0 Å². The number of rotatable bonds is 25. The maximum Gasteiger partial charge on any atom is 0.0110 e. The summed E-state index contributed by atoms with van der Waals surface area (Å²) in [6.07, 6.45) is 19.3. The zero-order valence-electron chi connectivity index (χ0n) is 30.5. The number of nitrogens with zero attached hydrogens (tertiary/aromatic N) is 4. The van der Waals surface area contributed by atoms with Crippen molar-refractivity contribution in [3.8, 4) is 0 Å². The van der Waals surface area contributed by atoms with E-state index in [9.17, 15) is 0 Å². The van der Waals surface area contributed by atoms with Gasteiger partial charge in [0.2, 0.25) is 0 Å². The van der Waals surface area contributed by atoms with Gasteiger partial charge in [0.15, 0.2) is 0 Å². The van der Waals surface area contributed by atoms with E-state index in [0.29, 0.717) is 0 Å². The minimum Gasteiger partial charge on any atom is -0.302 e. The first kappa shape index (κ1) is 39.9. The standard InChI is InChI=1S/C38H80N4/c1-9-10-12-23-39(25-14-18-35(2)3)29-32-42(33-30-40-24-13-11-21-38(8)22-17-28-40)34-31-41(26-15-19-36(4)5)27-16-20-37(6)7/h35-38H,9-34H2,1-8H3. The van der Waals surface area contributed by atoms with Gasteiger partial charge in [-0.05, 0) is 127 Å². The molecule has 42 heavy (non-hydrogen) atoms. The Balaban J connectivity index is 2.82. The highest BCUT2D eigenvalue weighted by molar-refractivity contribution is 4.72. The molecule has 4 heteroatoms. The first-order chi connectivity index (χ1) is 20.2. The Kier molecular flexibility index (Phi) is 24.8. The van der Waals surface area contributed by atoms with E-state index in [1.807, 2.05) is 0 Å². The van der Waals surface area contributed by atoms with E-state index in [0.717, 1.165) is 23.7 Å². The van der Waals surface area contributed by atoms with Crippen molar-refractivity contribution in [2.24, 2.45) is 23.7 Å². The van der Waals surface area contributed by atoms with Crippen LogP contribution < -0.4 is 0 Å². The lowest BCUT2D eigenvalue weighted by Gasteiger charge is -2.32. The highest BCUT2D eigenvalue weighted by Crippen LogP contribution is 2.17. The molecule has 0 bridgehead atoms. The van der Waals surface area contributed by atoms with E-state index in [-0.39, 0.29) is 0 Å². The van der Waals surface area contributed by atoms with Crippen molar-refractivity contribution in [1.82, 2.24) is 19.6 Å². The maximum absolute atomic E-state index is 2.86. The van der Waals surface area contributed by atoms with Crippen molar-refractivity contribution in [1.29, 1.82) is 0 Å². The van der Waals surface area contributed by atoms with Crippen molar-refractivity contribution in [3.05, 3.63) is 0 Å². The van der Waals surface area contributed by atoms with Crippen LogP contribution in [0.4, 0.5) is 0 Å². The average Bonchev–Trinajstić information content (AvgIpc) is 3.03. The quantitative estimate of drug-likeness (QED) is 0.0979. The van der Waals surface area contributed by atoms with E-state index in [1.165, 1.54) is 168 Å². The third-order valence-corrected chi connectivity index (χ3v) is 9.64. The Labute approximate surface area is 266 Å². The maximum atomic E-state index is 2.86. The molecule has 1 rings (SSSR count). The molecule has 0 saturated carbocycles. The molecular formula is C38H80N4. The smallest absolute Gasteiger partial charge is 0.0110 e. The Morgan fingerprint density at radius 3 is 1.43 bits per heavy atom. The lowest BCUT2D eigenvalue weighted by Crippen LogP contribution is -2.44. The molecule has 0 aromatic heterocycles. The summed E-state index contributed by atoms with van der Waals surface area (Å²) in [5.41, 5.74) is 0. The number of hydrogen-bond donors (Lipinski definition) is 0. The summed E-state index contributed by atoms with van der Waals surface area (Å²) in [6.45, 7) is 34.4. The highest BCUT2D eigenvalue weighted by atomic mass is 15.2. The molecule has 4 nitrogen and oxygen atoms in total. The molecule has 1 atom stereocenters. The predicted octanol–water partition coefficient (Wildman–Crippen LogP) is 9.29.